The van der Waals surface area contributed by atoms with E-state index in [4.69, 9.17) is 5.73 Å². The van der Waals surface area contributed by atoms with E-state index >= 15 is 0 Å². The molecule has 112 valence electrons. The number of aromatic nitrogens is 1. The summed E-state index contributed by atoms with van der Waals surface area (Å²) >= 11 is 0. The molecule has 0 unspecified atom stereocenters. The van der Waals surface area contributed by atoms with E-state index in [2.05, 4.69) is 10.3 Å². The third kappa shape index (κ3) is 2.90. The van der Waals surface area contributed by atoms with Crippen molar-refractivity contribution in [1.82, 2.24) is 4.98 Å². The lowest BCUT2D eigenvalue weighted by Crippen LogP contribution is -2.41. The third-order valence-electron chi connectivity index (χ3n) is 4.32. The molecule has 0 saturated carbocycles. The molecular formula is C17H23N3O. The highest BCUT2D eigenvalue weighted by Gasteiger charge is 2.33. The molecule has 0 spiro atoms. The van der Waals surface area contributed by atoms with Gasteiger partial charge in [0.2, 0.25) is 5.91 Å². The molecule has 0 fully saturated rings. The molecule has 4 heteroatoms. The Labute approximate surface area is 125 Å². The minimum atomic E-state index is -0.502. The number of nitrogens with one attached hydrogen (secondary N) is 1. The Hall–Kier alpha value is -1.94. The van der Waals surface area contributed by atoms with Crippen molar-refractivity contribution < 1.29 is 4.79 Å². The molecule has 0 aliphatic rings. The van der Waals surface area contributed by atoms with Gasteiger partial charge in [-0.1, -0.05) is 32.0 Å². The fourth-order valence-electron chi connectivity index (χ4n) is 2.62. The quantitative estimate of drug-likeness (QED) is 0.886. The number of nitrogens with zero attached hydrogens (tertiary/aromatic N) is 1. The normalized spacial score (nSPS) is 11.6. The molecule has 0 atom stereocenters. The molecule has 1 aromatic carbocycles. The number of benzene rings is 1. The molecule has 3 N–H and O–H groups in total. The first-order chi connectivity index (χ1) is 10.1. The number of hydrogen-bond donors (Lipinski definition) is 2. The van der Waals surface area contributed by atoms with Crippen LogP contribution in [0.1, 0.15) is 32.4 Å². The standard InChI is InChI=1S/C17H23N3O/c1-4-17(5-2,11-18)16(21)20-15-10-12(3)19-14-9-7-6-8-13(14)15/h6-10H,4-5,11,18H2,1-3H3,(H,19,20,21). The maximum atomic E-state index is 12.7. The maximum absolute atomic E-state index is 12.7. The molecule has 0 radical (unpaired) electrons. The first kappa shape index (κ1) is 15.4. The van der Waals surface area contributed by atoms with Gasteiger partial charge in [-0.2, -0.15) is 0 Å². The van der Waals surface area contributed by atoms with Crippen LogP contribution in [0, 0.1) is 12.3 Å². The summed E-state index contributed by atoms with van der Waals surface area (Å²) in [5.74, 6) is -0.00856. The highest BCUT2D eigenvalue weighted by atomic mass is 16.2. The molecule has 2 rings (SSSR count). The number of anilines is 1. The van der Waals surface area contributed by atoms with Gasteiger partial charge in [0.25, 0.3) is 0 Å². The first-order valence-electron chi connectivity index (χ1n) is 7.44. The van der Waals surface area contributed by atoms with Crippen LogP contribution < -0.4 is 11.1 Å². The number of amides is 1. The van der Waals surface area contributed by atoms with Crippen molar-refractivity contribution in [1.29, 1.82) is 0 Å². The number of carbonyl (C=O) groups is 1. The smallest absolute Gasteiger partial charge is 0.231 e. The second kappa shape index (κ2) is 6.22. The largest absolute Gasteiger partial charge is 0.329 e. The number of aryl methyl sites for hydroxylation is 1. The molecule has 1 heterocycles. The number of nitrogens with two attached hydrogens (primary N) is 1. The molecule has 1 aromatic heterocycles. The molecule has 1 amide bonds. The lowest BCUT2D eigenvalue weighted by atomic mass is 9.81. The van der Waals surface area contributed by atoms with Gasteiger partial charge in [-0.3, -0.25) is 9.78 Å². The number of rotatable bonds is 5. The van der Waals surface area contributed by atoms with E-state index in [1.165, 1.54) is 0 Å². The van der Waals surface area contributed by atoms with Crippen molar-refractivity contribution in [2.75, 3.05) is 11.9 Å². The molecule has 21 heavy (non-hydrogen) atoms. The van der Waals surface area contributed by atoms with Crippen LogP contribution in [0.15, 0.2) is 30.3 Å². The topological polar surface area (TPSA) is 68.0 Å². The fraction of sp³-hybridized carbons (Fsp3) is 0.412. The van der Waals surface area contributed by atoms with Crippen molar-refractivity contribution in [3.05, 3.63) is 36.0 Å². The van der Waals surface area contributed by atoms with Gasteiger partial charge in [-0.05, 0) is 31.9 Å². The Morgan fingerprint density at radius 2 is 1.95 bits per heavy atom. The SMILES string of the molecule is CCC(CC)(CN)C(=O)Nc1cc(C)nc2ccccc12. The van der Waals surface area contributed by atoms with Gasteiger partial charge in [0.1, 0.15) is 0 Å². The van der Waals surface area contributed by atoms with Gasteiger partial charge in [0.05, 0.1) is 16.6 Å². The molecule has 0 saturated heterocycles. The van der Waals surface area contributed by atoms with E-state index in [1.807, 2.05) is 51.1 Å². The lowest BCUT2D eigenvalue weighted by molar-refractivity contribution is -0.125. The first-order valence-corrected chi connectivity index (χ1v) is 7.44. The van der Waals surface area contributed by atoms with Crippen molar-refractivity contribution in [3.8, 4) is 0 Å². The van der Waals surface area contributed by atoms with Crippen LogP contribution in [0.4, 0.5) is 5.69 Å². The van der Waals surface area contributed by atoms with Crippen LogP contribution in [0.2, 0.25) is 0 Å². The average molecular weight is 285 g/mol. The molecule has 4 nitrogen and oxygen atoms in total. The number of hydrogen-bond acceptors (Lipinski definition) is 3. The zero-order valence-electron chi connectivity index (χ0n) is 12.9. The summed E-state index contributed by atoms with van der Waals surface area (Å²) in [5.41, 5.74) is 7.93. The molecule has 0 aliphatic carbocycles. The van der Waals surface area contributed by atoms with Crippen LogP contribution in [0.25, 0.3) is 10.9 Å². The van der Waals surface area contributed by atoms with E-state index < -0.39 is 5.41 Å². The highest BCUT2D eigenvalue weighted by molar-refractivity contribution is 6.03. The summed E-state index contributed by atoms with van der Waals surface area (Å²) in [6, 6.07) is 9.73. The van der Waals surface area contributed by atoms with Gasteiger partial charge in [-0.15, -0.1) is 0 Å². The summed E-state index contributed by atoms with van der Waals surface area (Å²) in [4.78, 5) is 17.2. The van der Waals surface area contributed by atoms with Crippen LogP contribution in [0.3, 0.4) is 0 Å². The van der Waals surface area contributed by atoms with Crippen LogP contribution in [-0.2, 0) is 4.79 Å². The summed E-state index contributed by atoms with van der Waals surface area (Å²) in [7, 11) is 0. The predicted molar refractivity (Wildman–Crippen MR) is 87.2 cm³/mol. The van der Waals surface area contributed by atoms with Crippen LogP contribution >= 0.6 is 0 Å². The van der Waals surface area contributed by atoms with Gasteiger partial charge in [0.15, 0.2) is 0 Å². The molecule has 0 bridgehead atoms. The Balaban J connectivity index is 2.42. The minimum Gasteiger partial charge on any atom is -0.329 e. The van der Waals surface area contributed by atoms with Crippen molar-refractivity contribution in [2.45, 2.75) is 33.6 Å². The Morgan fingerprint density at radius 1 is 1.29 bits per heavy atom. The van der Waals surface area contributed by atoms with Gasteiger partial charge in [-0.25, -0.2) is 0 Å². The average Bonchev–Trinajstić information content (AvgIpc) is 2.49. The van der Waals surface area contributed by atoms with Crippen LogP contribution in [0.5, 0.6) is 0 Å². The Morgan fingerprint density at radius 3 is 2.57 bits per heavy atom. The summed E-state index contributed by atoms with van der Waals surface area (Å²) < 4.78 is 0. The fourth-order valence-corrected chi connectivity index (χ4v) is 2.62. The van der Waals surface area contributed by atoms with E-state index in [-0.39, 0.29) is 5.91 Å². The highest BCUT2D eigenvalue weighted by Crippen LogP contribution is 2.29. The number of para-hydroxylation sites is 1. The molecule has 2 aromatic rings. The van der Waals surface area contributed by atoms with E-state index in [0.29, 0.717) is 6.54 Å². The van der Waals surface area contributed by atoms with Crippen LogP contribution in [-0.4, -0.2) is 17.4 Å². The number of pyridine rings is 1. The monoisotopic (exact) mass is 285 g/mol. The molecule has 0 aliphatic heterocycles. The summed E-state index contributed by atoms with van der Waals surface area (Å²) in [6.45, 7) is 6.30. The zero-order chi connectivity index (χ0) is 15.5. The van der Waals surface area contributed by atoms with E-state index in [0.717, 1.165) is 35.1 Å². The van der Waals surface area contributed by atoms with Gasteiger partial charge < -0.3 is 11.1 Å². The minimum absolute atomic E-state index is 0.00856. The van der Waals surface area contributed by atoms with Gasteiger partial charge in [0, 0.05) is 17.6 Å². The van der Waals surface area contributed by atoms with Gasteiger partial charge >= 0.3 is 0 Å². The van der Waals surface area contributed by atoms with Crippen molar-refractivity contribution in [3.63, 3.8) is 0 Å². The number of fused-ring (bicyclic) bond motifs is 1. The van der Waals surface area contributed by atoms with Crippen molar-refractivity contribution >= 4 is 22.5 Å². The summed E-state index contributed by atoms with van der Waals surface area (Å²) in [6.07, 6.45) is 1.46. The Kier molecular flexibility index (Phi) is 4.58. The number of carbonyl (C=O) groups excluding carboxylic acids is 1. The molecular weight excluding hydrogens is 262 g/mol. The zero-order valence-corrected chi connectivity index (χ0v) is 12.9. The predicted octanol–water partition coefficient (Wildman–Crippen LogP) is 3.25. The summed E-state index contributed by atoms with van der Waals surface area (Å²) in [5, 5.41) is 4.01. The van der Waals surface area contributed by atoms with Crippen molar-refractivity contribution in [2.24, 2.45) is 11.1 Å². The second-order valence-electron chi connectivity index (χ2n) is 5.47. The Bertz CT molecular complexity index is 639. The van der Waals surface area contributed by atoms with E-state index in [1.54, 1.807) is 0 Å². The second-order valence-corrected chi connectivity index (χ2v) is 5.47. The third-order valence-corrected chi connectivity index (χ3v) is 4.32. The van der Waals surface area contributed by atoms with E-state index in [9.17, 15) is 4.79 Å². The maximum Gasteiger partial charge on any atom is 0.231 e. The lowest BCUT2D eigenvalue weighted by Gasteiger charge is -2.28.